The second-order valence-electron chi connectivity index (χ2n) is 6.17. The van der Waals surface area contributed by atoms with Crippen molar-refractivity contribution in [2.45, 2.75) is 27.2 Å². The van der Waals surface area contributed by atoms with Gasteiger partial charge in [0.1, 0.15) is 5.75 Å². The molecule has 1 heterocycles. The number of hydrogen-bond acceptors (Lipinski definition) is 2. The summed E-state index contributed by atoms with van der Waals surface area (Å²) in [6.07, 6.45) is 2.44. The van der Waals surface area contributed by atoms with Gasteiger partial charge in [-0.2, -0.15) is 0 Å². The molecular weight excluding hydrogens is 238 g/mol. The van der Waals surface area contributed by atoms with Gasteiger partial charge in [-0.25, -0.2) is 0 Å². The molecule has 102 valence electrons. The second-order valence-corrected chi connectivity index (χ2v) is 6.17. The van der Waals surface area contributed by atoms with Crippen molar-refractivity contribution >= 4 is 16.7 Å². The van der Waals surface area contributed by atoms with Crippen molar-refractivity contribution in [2.75, 3.05) is 7.11 Å². The highest BCUT2D eigenvalue weighted by Gasteiger charge is 2.22. The quantitative estimate of drug-likeness (QED) is 0.785. The Morgan fingerprint density at radius 3 is 2.58 bits per heavy atom. The van der Waals surface area contributed by atoms with Gasteiger partial charge in [0, 0.05) is 25.2 Å². The normalized spacial score (nSPS) is 11.8. The van der Waals surface area contributed by atoms with Crippen LogP contribution in [0.5, 0.6) is 5.75 Å². The van der Waals surface area contributed by atoms with E-state index in [1.54, 1.807) is 7.11 Å². The Bertz CT molecular complexity index is 617. The molecule has 0 bridgehead atoms. The topological polar surface area (TPSA) is 31.2 Å². The van der Waals surface area contributed by atoms with E-state index in [9.17, 15) is 4.79 Å². The van der Waals surface area contributed by atoms with Gasteiger partial charge in [-0.3, -0.25) is 4.79 Å². The molecule has 0 saturated carbocycles. The summed E-state index contributed by atoms with van der Waals surface area (Å²) < 4.78 is 7.38. The Kier molecular flexibility index (Phi) is 3.40. The molecule has 0 saturated heterocycles. The van der Waals surface area contributed by atoms with Crippen LogP contribution in [0.1, 0.15) is 37.6 Å². The minimum atomic E-state index is -0.0126. The van der Waals surface area contributed by atoms with Gasteiger partial charge >= 0.3 is 0 Å². The van der Waals surface area contributed by atoms with Crippen LogP contribution in [-0.4, -0.2) is 17.5 Å². The third kappa shape index (κ3) is 2.65. The fourth-order valence-electron chi connectivity index (χ4n) is 2.37. The highest BCUT2D eigenvalue weighted by Crippen LogP contribution is 2.32. The molecule has 0 N–H and O–H groups in total. The van der Waals surface area contributed by atoms with Crippen molar-refractivity contribution in [3.8, 4) is 5.75 Å². The Hall–Kier alpha value is -1.77. The molecule has 0 amide bonds. The lowest BCUT2D eigenvalue weighted by atomic mass is 9.88. The molecular formula is C16H21NO2. The number of carbonyl (C=O) groups excluding carboxylic acids is 1. The van der Waals surface area contributed by atoms with Gasteiger partial charge in [0.25, 0.3) is 0 Å². The van der Waals surface area contributed by atoms with Crippen molar-refractivity contribution in [3.63, 3.8) is 0 Å². The van der Waals surface area contributed by atoms with E-state index in [1.165, 1.54) is 0 Å². The van der Waals surface area contributed by atoms with E-state index < -0.39 is 0 Å². The maximum absolute atomic E-state index is 12.5. The third-order valence-corrected chi connectivity index (χ3v) is 3.19. The third-order valence-electron chi connectivity index (χ3n) is 3.19. The number of methoxy groups -OCH3 is 1. The van der Waals surface area contributed by atoms with Crippen molar-refractivity contribution in [1.29, 1.82) is 0 Å². The maximum Gasteiger partial charge on any atom is 0.165 e. The van der Waals surface area contributed by atoms with E-state index in [-0.39, 0.29) is 11.2 Å². The Morgan fingerprint density at radius 1 is 1.32 bits per heavy atom. The smallest absolute Gasteiger partial charge is 0.165 e. The first-order valence-electron chi connectivity index (χ1n) is 6.49. The van der Waals surface area contributed by atoms with E-state index in [4.69, 9.17) is 4.74 Å². The number of Topliss-reactive ketones (excluding diaryl/α,β-unsaturated/α-hetero) is 1. The van der Waals surface area contributed by atoms with Crippen molar-refractivity contribution in [3.05, 3.63) is 30.0 Å². The number of aryl methyl sites for hydroxylation is 1. The van der Waals surface area contributed by atoms with Gasteiger partial charge < -0.3 is 9.30 Å². The maximum atomic E-state index is 12.5. The summed E-state index contributed by atoms with van der Waals surface area (Å²) in [6, 6.07) is 5.85. The Balaban J connectivity index is 2.58. The number of fused-ring (bicyclic) bond motifs is 1. The standard InChI is InChI=1S/C16H21NO2/c1-16(2,3)9-13(18)11-10-17(4)12-7-6-8-14(19-5)15(11)12/h6-8,10H,9H2,1-5H3. The minimum Gasteiger partial charge on any atom is -0.496 e. The predicted octanol–water partition coefficient (Wildman–Crippen LogP) is 3.81. The van der Waals surface area contributed by atoms with Gasteiger partial charge in [-0.1, -0.05) is 26.8 Å². The number of ketones is 1. The lowest BCUT2D eigenvalue weighted by Crippen LogP contribution is -2.12. The van der Waals surface area contributed by atoms with Crippen LogP contribution in [-0.2, 0) is 7.05 Å². The van der Waals surface area contributed by atoms with Gasteiger partial charge in [-0.15, -0.1) is 0 Å². The Morgan fingerprint density at radius 2 is 2.00 bits per heavy atom. The van der Waals surface area contributed by atoms with Crippen LogP contribution < -0.4 is 4.74 Å². The molecule has 0 radical (unpaired) electrons. The number of benzene rings is 1. The molecule has 0 unspecified atom stereocenters. The van der Waals surface area contributed by atoms with E-state index in [0.717, 1.165) is 22.2 Å². The first-order valence-corrected chi connectivity index (χ1v) is 6.49. The average Bonchev–Trinajstić information content (AvgIpc) is 2.65. The first kappa shape index (κ1) is 13.7. The summed E-state index contributed by atoms with van der Waals surface area (Å²) >= 11 is 0. The van der Waals surface area contributed by atoms with Crippen LogP contribution in [0.4, 0.5) is 0 Å². The molecule has 1 aromatic carbocycles. The summed E-state index contributed by atoms with van der Waals surface area (Å²) in [4.78, 5) is 12.5. The van der Waals surface area contributed by atoms with E-state index in [0.29, 0.717) is 6.42 Å². The van der Waals surface area contributed by atoms with Gasteiger partial charge in [0.05, 0.1) is 18.0 Å². The Labute approximate surface area is 114 Å². The fourth-order valence-corrected chi connectivity index (χ4v) is 2.37. The lowest BCUT2D eigenvalue weighted by molar-refractivity contribution is 0.0941. The van der Waals surface area contributed by atoms with Crippen LogP contribution in [0.2, 0.25) is 0 Å². The number of nitrogens with zero attached hydrogens (tertiary/aromatic N) is 1. The largest absolute Gasteiger partial charge is 0.496 e. The molecule has 3 nitrogen and oxygen atoms in total. The monoisotopic (exact) mass is 259 g/mol. The number of ether oxygens (including phenoxy) is 1. The highest BCUT2D eigenvalue weighted by molar-refractivity contribution is 6.10. The van der Waals surface area contributed by atoms with Crippen LogP contribution in [0.3, 0.4) is 0 Å². The molecule has 1 aromatic heterocycles. The molecule has 0 fully saturated rings. The first-order chi connectivity index (χ1) is 8.83. The fraction of sp³-hybridized carbons (Fsp3) is 0.438. The number of rotatable bonds is 3. The van der Waals surface area contributed by atoms with Gasteiger partial charge in [-0.05, 0) is 17.5 Å². The molecule has 0 spiro atoms. The number of carbonyl (C=O) groups is 1. The minimum absolute atomic E-state index is 0.0126. The van der Waals surface area contributed by atoms with Crippen LogP contribution in [0, 0.1) is 5.41 Å². The van der Waals surface area contributed by atoms with Gasteiger partial charge in [0.15, 0.2) is 5.78 Å². The number of aromatic nitrogens is 1. The molecule has 0 aliphatic heterocycles. The molecule has 2 aromatic rings. The van der Waals surface area contributed by atoms with Crippen molar-refractivity contribution in [2.24, 2.45) is 12.5 Å². The summed E-state index contributed by atoms with van der Waals surface area (Å²) in [6.45, 7) is 6.23. The van der Waals surface area contributed by atoms with E-state index >= 15 is 0 Å². The predicted molar refractivity (Wildman–Crippen MR) is 77.9 cm³/mol. The summed E-state index contributed by atoms with van der Waals surface area (Å²) in [5.41, 5.74) is 1.77. The lowest BCUT2D eigenvalue weighted by Gasteiger charge is -2.16. The zero-order valence-electron chi connectivity index (χ0n) is 12.3. The SMILES string of the molecule is COc1cccc2c1c(C(=O)CC(C)(C)C)cn2C. The summed E-state index contributed by atoms with van der Waals surface area (Å²) in [5.74, 6) is 0.929. The highest BCUT2D eigenvalue weighted by atomic mass is 16.5. The zero-order valence-corrected chi connectivity index (χ0v) is 12.3. The van der Waals surface area contributed by atoms with Crippen molar-refractivity contribution < 1.29 is 9.53 Å². The van der Waals surface area contributed by atoms with Crippen LogP contribution >= 0.6 is 0 Å². The van der Waals surface area contributed by atoms with Crippen LogP contribution in [0.15, 0.2) is 24.4 Å². The van der Waals surface area contributed by atoms with Crippen molar-refractivity contribution in [1.82, 2.24) is 4.57 Å². The molecule has 19 heavy (non-hydrogen) atoms. The van der Waals surface area contributed by atoms with E-state index in [1.807, 2.05) is 36.0 Å². The molecule has 0 aliphatic rings. The molecule has 2 rings (SSSR count). The molecule has 3 heteroatoms. The molecule has 0 atom stereocenters. The van der Waals surface area contributed by atoms with E-state index in [2.05, 4.69) is 20.8 Å². The second kappa shape index (κ2) is 4.72. The molecule has 0 aliphatic carbocycles. The average molecular weight is 259 g/mol. The summed E-state index contributed by atoms with van der Waals surface area (Å²) in [5, 5.41) is 0.918. The van der Waals surface area contributed by atoms with Gasteiger partial charge in [0.2, 0.25) is 0 Å². The zero-order chi connectivity index (χ0) is 14.2. The van der Waals surface area contributed by atoms with Crippen LogP contribution in [0.25, 0.3) is 10.9 Å². The summed E-state index contributed by atoms with van der Waals surface area (Å²) in [7, 11) is 3.59. The number of hydrogen-bond donors (Lipinski definition) is 0.